The molecule has 8 nitrogen and oxygen atoms in total. The van der Waals surface area contributed by atoms with Crippen LogP contribution >= 0.6 is 34.8 Å². The molecule has 0 aliphatic heterocycles. The van der Waals surface area contributed by atoms with Crippen LogP contribution in [0, 0.1) is 12.8 Å². The number of benzene rings is 2. The molecule has 204 valence electrons. The van der Waals surface area contributed by atoms with E-state index in [4.69, 9.17) is 34.8 Å². The number of aromatic nitrogens is 4. The van der Waals surface area contributed by atoms with Crippen LogP contribution < -0.4 is 16.0 Å². The summed E-state index contributed by atoms with van der Waals surface area (Å²) in [4.78, 5) is 26.9. The zero-order valence-corrected chi connectivity index (χ0v) is 24.1. The summed E-state index contributed by atoms with van der Waals surface area (Å²) in [5.41, 5.74) is 1.88. The van der Waals surface area contributed by atoms with Crippen molar-refractivity contribution < 1.29 is 4.79 Å². The maximum atomic E-state index is 13.2. The largest absolute Gasteiger partial charge is 0.358 e. The van der Waals surface area contributed by atoms with Gasteiger partial charge in [0.25, 0.3) is 0 Å². The molecule has 0 unspecified atom stereocenters. The van der Waals surface area contributed by atoms with Crippen LogP contribution in [0.5, 0.6) is 0 Å². The average Bonchev–Trinajstić information content (AvgIpc) is 3.34. The van der Waals surface area contributed by atoms with Crippen LogP contribution in [0.15, 0.2) is 60.9 Å². The summed E-state index contributed by atoms with van der Waals surface area (Å²) in [6.07, 6.45) is 4.15. The number of nitrogens with zero attached hydrogens (tertiary/aromatic N) is 4. The van der Waals surface area contributed by atoms with Gasteiger partial charge >= 0.3 is 0 Å². The summed E-state index contributed by atoms with van der Waals surface area (Å²) in [7, 11) is 0. The van der Waals surface area contributed by atoms with Crippen LogP contribution in [0.1, 0.15) is 37.2 Å². The van der Waals surface area contributed by atoms with Crippen molar-refractivity contribution in [3.8, 4) is 5.82 Å². The molecule has 4 aromatic rings. The van der Waals surface area contributed by atoms with Gasteiger partial charge in [-0.3, -0.25) is 9.36 Å². The number of carbonyl (C=O) groups is 1. The smallest absolute Gasteiger partial charge is 0.242 e. The third kappa shape index (κ3) is 8.08. The molecule has 0 spiro atoms. The molecule has 2 heterocycles. The molecule has 3 N–H and O–H groups in total. The topological polar surface area (TPSA) is 96.8 Å². The molecular weight excluding hydrogens is 557 g/mol. The van der Waals surface area contributed by atoms with Crippen molar-refractivity contribution in [2.45, 2.75) is 46.3 Å². The Morgan fingerprint density at radius 1 is 0.949 bits per heavy atom. The first-order valence-electron chi connectivity index (χ1n) is 12.5. The van der Waals surface area contributed by atoms with Gasteiger partial charge in [0, 0.05) is 36.6 Å². The minimum absolute atomic E-state index is 0.122. The Morgan fingerprint density at radius 3 is 2.36 bits per heavy atom. The molecule has 2 aromatic carbocycles. The minimum Gasteiger partial charge on any atom is -0.358 e. The first-order valence-corrected chi connectivity index (χ1v) is 13.7. The molecule has 11 heteroatoms. The molecule has 39 heavy (non-hydrogen) atoms. The second-order valence-corrected chi connectivity index (χ2v) is 10.8. The zero-order chi connectivity index (χ0) is 27.9. The summed E-state index contributed by atoms with van der Waals surface area (Å²) in [5, 5.41) is 11.2. The summed E-state index contributed by atoms with van der Waals surface area (Å²) in [6, 6.07) is 14.1. The van der Waals surface area contributed by atoms with Gasteiger partial charge in [0.05, 0.1) is 10.0 Å². The summed E-state index contributed by atoms with van der Waals surface area (Å²) in [5.74, 6) is 2.44. The zero-order valence-electron chi connectivity index (χ0n) is 21.9. The SMILES string of the molecule is Cc1nccn1-c1cc(N[C@H](CC(C)C)C(=O)NCc2ccc(Cl)cc2)nc(NCc2ccc(Cl)c(Cl)c2)n1. The first kappa shape index (κ1) is 28.7. The normalized spacial score (nSPS) is 11.9. The number of imidazole rings is 1. The van der Waals surface area contributed by atoms with Crippen molar-refractivity contribution in [2.24, 2.45) is 5.92 Å². The number of rotatable bonds is 11. The second-order valence-electron chi connectivity index (χ2n) is 9.55. The second kappa shape index (κ2) is 13.2. The van der Waals surface area contributed by atoms with Crippen LogP contribution in [-0.4, -0.2) is 31.5 Å². The molecule has 0 aliphatic rings. The van der Waals surface area contributed by atoms with E-state index in [0.717, 1.165) is 17.0 Å². The van der Waals surface area contributed by atoms with Gasteiger partial charge in [-0.1, -0.05) is 66.8 Å². The highest BCUT2D eigenvalue weighted by Gasteiger charge is 2.21. The van der Waals surface area contributed by atoms with Crippen LogP contribution in [0.3, 0.4) is 0 Å². The van der Waals surface area contributed by atoms with E-state index < -0.39 is 6.04 Å². The summed E-state index contributed by atoms with van der Waals surface area (Å²) in [6.45, 7) is 6.87. The molecule has 1 amide bonds. The Bertz CT molecular complexity index is 1420. The fourth-order valence-corrected chi connectivity index (χ4v) is 4.40. The van der Waals surface area contributed by atoms with Crippen molar-refractivity contribution in [1.82, 2.24) is 24.8 Å². The predicted molar refractivity (Wildman–Crippen MR) is 158 cm³/mol. The number of halogens is 3. The van der Waals surface area contributed by atoms with Crippen molar-refractivity contribution in [3.63, 3.8) is 0 Å². The van der Waals surface area contributed by atoms with Gasteiger partial charge in [0.1, 0.15) is 23.5 Å². The summed E-state index contributed by atoms with van der Waals surface area (Å²) < 4.78 is 1.86. The van der Waals surface area contributed by atoms with Crippen molar-refractivity contribution in [1.29, 1.82) is 0 Å². The number of aryl methyl sites for hydroxylation is 1. The fourth-order valence-electron chi connectivity index (χ4n) is 3.96. The van der Waals surface area contributed by atoms with E-state index >= 15 is 0 Å². The molecule has 0 bridgehead atoms. The maximum Gasteiger partial charge on any atom is 0.242 e. The summed E-state index contributed by atoms with van der Waals surface area (Å²) >= 11 is 18.2. The van der Waals surface area contributed by atoms with Gasteiger partial charge in [0.15, 0.2) is 0 Å². The first-order chi connectivity index (χ1) is 18.7. The van der Waals surface area contributed by atoms with E-state index in [2.05, 4.69) is 44.7 Å². The quantitative estimate of drug-likeness (QED) is 0.181. The van der Waals surface area contributed by atoms with Crippen molar-refractivity contribution in [3.05, 3.63) is 92.9 Å². The minimum atomic E-state index is -0.508. The van der Waals surface area contributed by atoms with Crippen LogP contribution in [-0.2, 0) is 17.9 Å². The van der Waals surface area contributed by atoms with E-state index in [9.17, 15) is 4.79 Å². The molecular formula is C28H30Cl3N7O. The van der Waals surface area contributed by atoms with Gasteiger partial charge in [0.2, 0.25) is 11.9 Å². The number of anilines is 2. The monoisotopic (exact) mass is 585 g/mol. The Balaban J connectivity index is 1.56. The molecule has 2 aromatic heterocycles. The van der Waals surface area contributed by atoms with Gasteiger partial charge in [-0.05, 0) is 54.7 Å². The highest BCUT2D eigenvalue weighted by molar-refractivity contribution is 6.42. The van der Waals surface area contributed by atoms with E-state index in [0.29, 0.717) is 52.2 Å². The van der Waals surface area contributed by atoms with Crippen molar-refractivity contribution in [2.75, 3.05) is 10.6 Å². The van der Waals surface area contributed by atoms with E-state index in [1.807, 2.05) is 35.9 Å². The highest BCUT2D eigenvalue weighted by Crippen LogP contribution is 2.24. The predicted octanol–water partition coefficient (Wildman–Crippen LogP) is 6.69. The van der Waals surface area contributed by atoms with E-state index in [1.165, 1.54) is 0 Å². The lowest BCUT2D eigenvalue weighted by atomic mass is 10.0. The number of hydrogen-bond acceptors (Lipinski definition) is 6. The van der Waals surface area contributed by atoms with Crippen LogP contribution in [0.4, 0.5) is 11.8 Å². The molecule has 1 atom stereocenters. The lowest BCUT2D eigenvalue weighted by Gasteiger charge is -2.21. The maximum absolute atomic E-state index is 13.2. The molecule has 0 aliphatic carbocycles. The Kier molecular flexibility index (Phi) is 9.67. The Hall–Kier alpha value is -3.33. The Labute approximate surface area is 243 Å². The van der Waals surface area contributed by atoms with Gasteiger partial charge in [-0.15, -0.1) is 0 Å². The number of carbonyl (C=O) groups excluding carboxylic acids is 1. The van der Waals surface area contributed by atoms with Gasteiger partial charge in [-0.25, -0.2) is 4.98 Å². The lowest BCUT2D eigenvalue weighted by molar-refractivity contribution is -0.122. The molecule has 0 fully saturated rings. The fraction of sp³-hybridized carbons (Fsp3) is 0.286. The third-order valence-corrected chi connectivity index (χ3v) is 6.94. The average molecular weight is 587 g/mol. The molecule has 0 radical (unpaired) electrons. The molecule has 4 rings (SSSR count). The highest BCUT2D eigenvalue weighted by atomic mass is 35.5. The van der Waals surface area contributed by atoms with E-state index in [-0.39, 0.29) is 11.8 Å². The standard InChI is InChI=1S/C28H30Cl3N7O/c1-17(2)12-24(27(39)33-15-19-4-7-21(29)8-5-19)35-25-14-26(38-11-10-32-18(38)3)37-28(36-25)34-16-20-6-9-22(30)23(31)13-20/h4-11,13-14,17,24H,12,15-16H2,1-3H3,(H,33,39)(H2,34,35,36,37)/t24-/m1/s1. The number of nitrogens with one attached hydrogen (secondary N) is 3. The van der Waals surface area contributed by atoms with Gasteiger partial charge in [-0.2, -0.15) is 9.97 Å². The van der Waals surface area contributed by atoms with Gasteiger partial charge < -0.3 is 16.0 Å². The third-order valence-electron chi connectivity index (χ3n) is 5.95. The molecule has 0 saturated heterocycles. The number of amides is 1. The van der Waals surface area contributed by atoms with E-state index in [1.54, 1.807) is 36.5 Å². The lowest BCUT2D eigenvalue weighted by Crippen LogP contribution is -2.40. The van der Waals surface area contributed by atoms with Crippen molar-refractivity contribution >= 4 is 52.5 Å². The van der Waals surface area contributed by atoms with Crippen LogP contribution in [0.2, 0.25) is 15.1 Å². The van der Waals surface area contributed by atoms with Crippen LogP contribution in [0.25, 0.3) is 5.82 Å². The Morgan fingerprint density at radius 2 is 1.69 bits per heavy atom. The molecule has 0 saturated carbocycles. The number of hydrogen-bond donors (Lipinski definition) is 3.